The van der Waals surface area contributed by atoms with Gasteiger partial charge in [0.15, 0.2) is 0 Å². The molecule has 0 bridgehead atoms. The number of nitrogens with zero attached hydrogens (tertiary/aromatic N) is 3. The number of carbonyl (C=O) groups is 1. The molecule has 0 atom stereocenters. The Morgan fingerprint density at radius 1 is 1.06 bits per heavy atom. The molecular weight excluding hydrogens is 396 g/mol. The fraction of sp³-hybridized carbons (Fsp3) is 0.348. The number of H-pyrrole nitrogens is 1. The number of aromatic nitrogens is 3. The molecule has 8 heteroatoms. The summed E-state index contributed by atoms with van der Waals surface area (Å²) in [5, 5.41) is 7.19. The van der Waals surface area contributed by atoms with Crippen LogP contribution in [0.15, 0.2) is 42.6 Å². The van der Waals surface area contributed by atoms with Crippen molar-refractivity contribution in [2.75, 3.05) is 27.3 Å². The summed E-state index contributed by atoms with van der Waals surface area (Å²) in [6, 6.07) is 11.1. The molecule has 1 aromatic carbocycles. The number of aryl methyl sites for hydroxylation is 1. The van der Waals surface area contributed by atoms with Crippen LogP contribution < -0.4 is 14.2 Å². The topological polar surface area (TPSA) is 89.6 Å². The molecule has 162 valence electrons. The summed E-state index contributed by atoms with van der Waals surface area (Å²) in [4.78, 5) is 19.1. The van der Waals surface area contributed by atoms with Gasteiger partial charge in [0.05, 0.1) is 26.1 Å². The van der Waals surface area contributed by atoms with E-state index in [4.69, 9.17) is 14.2 Å². The lowest BCUT2D eigenvalue weighted by Gasteiger charge is -2.31. The van der Waals surface area contributed by atoms with E-state index in [2.05, 4.69) is 15.2 Å². The van der Waals surface area contributed by atoms with Crippen molar-refractivity contribution >= 4 is 5.91 Å². The van der Waals surface area contributed by atoms with Gasteiger partial charge >= 0.3 is 0 Å². The Morgan fingerprint density at radius 2 is 1.84 bits per heavy atom. The fourth-order valence-electron chi connectivity index (χ4n) is 3.65. The van der Waals surface area contributed by atoms with E-state index in [1.54, 1.807) is 26.5 Å². The number of likely N-dealkylation sites (tertiary alicyclic amines) is 1. The first-order valence-electron chi connectivity index (χ1n) is 10.2. The summed E-state index contributed by atoms with van der Waals surface area (Å²) in [5.41, 5.74) is 2.79. The molecule has 1 amide bonds. The van der Waals surface area contributed by atoms with Gasteiger partial charge in [-0.1, -0.05) is 0 Å². The quantitative estimate of drug-likeness (QED) is 0.654. The number of benzene rings is 1. The fourth-order valence-corrected chi connectivity index (χ4v) is 3.65. The molecule has 31 heavy (non-hydrogen) atoms. The van der Waals surface area contributed by atoms with Gasteiger partial charge in [-0.2, -0.15) is 5.10 Å². The van der Waals surface area contributed by atoms with Crippen molar-refractivity contribution in [3.05, 3.63) is 54.0 Å². The molecule has 1 N–H and O–H groups in total. The van der Waals surface area contributed by atoms with E-state index in [0.717, 1.165) is 29.8 Å². The largest absolute Gasteiger partial charge is 0.497 e. The van der Waals surface area contributed by atoms with Crippen molar-refractivity contribution in [2.45, 2.75) is 25.9 Å². The number of rotatable bonds is 6. The Labute approximate surface area is 181 Å². The highest BCUT2D eigenvalue weighted by atomic mass is 16.5. The minimum Gasteiger partial charge on any atom is -0.497 e. The number of piperidine rings is 1. The average molecular weight is 422 g/mol. The molecule has 3 aromatic rings. The molecule has 1 aliphatic rings. The number of ether oxygens (including phenoxy) is 3. The molecule has 0 saturated carbocycles. The minimum absolute atomic E-state index is 0.0731. The second-order valence-electron chi connectivity index (χ2n) is 7.48. The second kappa shape index (κ2) is 9.07. The number of aromatic amines is 1. The van der Waals surface area contributed by atoms with E-state index < -0.39 is 0 Å². The first-order valence-corrected chi connectivity index (χ1v) is 10.2. The Hall–Kier alpha value is -3.55. The van der Waals surface area contributed by atoms with Crippen LogP contribution in [0.5, 0.6) is 17.2 Å². The molecule has 8 nitrogen and oxygen atoms in total. The normalized spacial score (nSPS) is 14.4. The van der Waals surface area contributed by atoms with Crippen molar-refractivity contribution in [1.29, 1.82) is 0 Å². The SMILES string of the molecule is COc1ccc(OC)c(-c2cc(C(=O)N3CCC(Oc4ccc(C)nc4)CC3)[nH]n2)c1. The van der Waals surface area contributed by atoms with Crippen LogP contribution in [0.2, 0.25) is 0 Å². The Morgan fingerprint density at radius 3 is 2.52 bits per heavy atom. The molecule has 1 saturated heterocycles. The molecule has 0 aliphatic carbocycles. The number of methoxy groups -OCH3 is 2. The molecular formula is C23H26N4O4. The van der Waals surface area contributed by atoms with E-state index in [1.165, 1.54) is 0 Å². The van der Waals surface area contributed by atoms with Gasteiger partial charge in [0, 0.05) is 37.2 Å². The molecule has 0 unspecified atom stereocenters. The van der Waals surface area contributed by atoms with Crippen LogP contribution in [0.25, 0.3) is 11.3 Å². The van der Waals surface area contributed by atoms with Crippen molar-refractivity contribution in [3.8, 4) is 28.5 Å². The number of carbonyl (C=O) groups excluding carboxylic acids is 1. The standard InChI is InChI=1S/C23H26N4O4/c1-15-4-5-18(14-24-15)31-16-8-10-27(11-9-16)23(28)21-13-20(25-26-21)19-12-17(29-2)6-7-22(19)30-3/h4-7,12-14,16H,8-11H2,1-3H3,(H,25,26). The molecule has 3 heterocycles. The van der Waals surface area contributed by atoms with Crippen LogP contribution in [-0.4, -0.2) is 59.4 Å². The molecule has 1 aliphatic heterocycles. The van der Waals surface area contributed by atoms with Crippen LogP contribution in [0.1, 0.15) is 29.0 Å². The third-order valence-corrected chi connectivity index (χ3v) is 5.41. The summed E-state index contributed by atoms with van der Waals surface area (Å²) in [6.07, 6.45) is 3.35. The predicted octanol–water partition coefficient (Wildman–Crippen LogP) is 3.48. The van der Waals surface area contributed by atoms with Crippen LogP contribution in [0, 0.1) is 6.92 Å². The summed E-state index contributed by atoms with van der Waals surface area (Å²) >= 11 is 0. The molecule has 2 aromatic heterocycles. The highest BCUT2D eigenvalue weighted by molar-refractivity contribution is 5.93. The second-order valence-corrected chi connectivity index (χ2v) is 7.48. The predicted molar refractivity (Wildman–Crippen MR) is 116 cm³/mol. The van der Waals surface area contributed by atoms with Crippen molar-refractivity contribution in [1.82, 2.24) is 20.1 Å². The molecule has 1 fully saturated rings. The number of nitrogens with one attached hydrogen (secondary N) is 1. The zero-order chi connectivity index (χ0) is 21.8. The lowest BCUT2D eigenvalue weighted by Crippen LogP contribution is -2.41. The number of hydrogen-bond acceptors (Lipinski definition) is 6. The van der Waals surface area contributed by atoms with Gasteiger partial charge in [-0.15, -0.1) is 0 Å². The lowest BCUT2D eigenvalue weighted by atomic mass is 10.1. The van der Waals surface area contributed by atoms with Crippen LogP contribution >= 0.6 is 0 Å². The number of hydrogen-bond donors (Lipinski definition) is 1. The Kier molecular flexibility index (Phi) is 6.06. The van der Waals surface area contributed by atoms with E-state index >= 15 is 0 Å². The number of pyridine rings is 1. The van der Waals surface area contributed by atoms with Crippen LogP contribution in [0.4, 0.5) is 0 Å². The molecule has 0 spiro atoms. The first-order chi connectivity index (χ1) is 15.1. The highest BCUT2D eigenvalue weighted by Gasteiger charge is 2.26. The van der Waals surface area contributed by atoms with Gasteiger partial charge in [0.25, 0.3) is 5.91 Å². The zero-order valence-electron chi connectivity index (χ0n) is 17.9. The lowest BCUT2D eigenvalue weighted by molar-refractivity contribution is 0.0589. The average Bonchev–Trinajstić information content (AvgIpc) is 3.30. The first kappa shape index (κ1) is 20.7. The maximum atomic E-state index is 13.0. The third kappa shape index (κ3) is 4.63. The van der Waals surface area contributed by atoms with E-state index in [0.29, 0.717) is 36.0 Å². The van der Waals surface area contributed by atoms with Crippen molar-refractivity contribution in [2.24, 2.45) is 0 Å². The van der Waals surface area contributed by atoms with E-state index in [9.17, 15) is 4.79 Å². The molecule has 4 rings (SSSR count). The van der Waals surface area contributed by atoms with Gasteiger partial charge in [-0.3, -0.25) is 14.9 Å². The zero-order valence-corrected chi connectivity index (χ0v) is 17.9. The number of amides is 1. The van der Waals surface area contributed by atoms with Gasteiger partial charge < -0.3 is 19.1 Å². The smallest absolute Gasteiger partial charge is 0.271 e. The van der Waals surface area contributed by atoms with Crippen LogP contribution in [-0.2, 0) is 0 Å². The van der Waals surface area contributed by atoms with E-state index in [1.807, 2.05) is 42.2 Å². The Balaban J connectivity index is 1.40. The summed E-state index contributed by atoms with van der Waals surface area (Å²) in [6.45, 7) is 3.19. The molecule has 0 radical (unpaired) electrons. The Bertz CT molecular complexity index is 1040. The van der Waals surface area contributed by atoms with Crippen LogP contribution in [0.3, 0.4) is 0 Å². The monoisotopic (exact) mass is 422 g/mol. The highest BCUT2D eigenvalue weighted by Crippen LogP contribution is 2.32. The third-order valence-electron chi connectivity index (χ3n) is 5.41. The van der Waals surface area contributed by atoms with Crippen molar-refractivity contribution < 1.29 is 19.0 Å². The maximum Gasteiger partial charge on any atom is 0.271 e. The van der Waals surface area contributed by atoms with Gasteiger partial charge in [-0.05, 0) is 43.3 Å². The van der Waals surface area contributed by atoms with Crippen molar-refractivity contribution in [3.63, 3.8) is 0 Å². The summed E-state index contributed by atoms with van der Waals surface area (Å²) in [5.74, 6) is 2.05. The summed E-state index contributed by atoms with van der Waals surface area (Å²) < 4.78 is 16.7. The maximum absolute atomic E-state index is 13.0. The van der Waals surface area contributed by atoms with Gasteiger partial charge in [0.1, 0.15) is 29.0 Å². The summed E-state index contributed by atoms with van der Waals surface area (Å²) in [7, 11) is 3.21. The van der Waals surface area contributed by atoms with Gasteiger partial charge in [-0.25, -0.2) is 0 Å². The van der Waals surface area contributed by atoms with Gasteiger partial charge in [0.2, 0.25) is 0 Å². The minimum atomic E-state index is -0.0731. The van der Waals surface area contributed by atoms with E-state index in [-0.39, 0.29) is 12.0 Å².